The van der Waals surface area contributed by atoms with Gasteiger partial charge in [0.05, 0.1) is 21.3 Å². The van der Waals surface area contributed by atoms with Crippen molar-refractivity contribution < 1.29 is 170 Å². The summed E-state index contributed by atoms with van der Waals surface area (Å²) in [4.78, 5) is 43.8. The Morgan fingerprint density at radius 2 is 1.06 bits per heavy atom. The number of benzene rings is 2. The summed E-state index contributed by atoms with van der Waals surface area (Å²) in [5.74, 6) is -0.642. The molecule has 11 nitrogen and oxygen atoms in total. The van der Waals surface area contributed by atoms with Crippen LogP contribution in [0.2, 0.25) is 0 Å². The molecule has 17 heteroatoms. The van der Waals surface area contributed by atoms with Crippen LogP contribution in [-0.2, 0) is 9.13 Å². The summed E-state index contributed by atoms with van der Waals surface area (Å²) in [6.07, 6.45) is 2.97. The SMILES string of the molecule is COc1ccc(/C=C\c2cc(OC)c(OC)c(OP(=O)([O-])[O-])c2)cc1OP(=O)([O-])[O-].[Na+].[Na+].[Na+].[Na+]. The van der Waals surface area contributed by atoms with Gasteiger partial charge in [0.15, 0.2) is 23.0 Å². The van der Waals surface area contributed by atoms with Crippen LogP contribution in [0.4, 0.5) is 0 Å². The van der Waals surface area contributed by atoms with Crippen molar-refractivity contribution >= 4 is 27.8 Å². The molecule has 0 amide bonds. The molecule has 0 aliphatic carbocycles. The van der Waals surface area contributed by atoms with Crippen LogP contribution in [-0.4, -0.2) is 21.3 Å². The van der Waals surface area contributed by atoms with Crippen molar-refractivity contribution in [2.24, 2.45) is 0 Å². The molecule has 2 rings (SSSR count). The predicted molar refractivity (Wildman–Crippen MR) is 97.9 cm³/mol. The van der Waals surface area contributed by atoms with Crippen molar-refractivity contribution in [3.05, 3.63) is 41.5 Å². The van der Waals surface area contributed by atoms with Gasteiger partial charge in [0, 0.05) is 0 Å². The Balaban J connectivity index is -0.00000240. The van der Waals surface area contributed by atoms with Crippen LogP contribution in [0, 0.1) is 0 Å². The van der Waals surface area contributed by atoms with Gasteiger partial charge in [-0.25, -0.2) is 0 Å². The molecular weight excluding hydrogens is 534 g/mol. The van der Waals surface area contributed by atoms with Crippen LogP contribution < -0.4 is 161 Å². The van der Waals surface area contributed by atoms with Crippen molar-refractivity contribution in [1.29, 1.82) is 0 Å². The van der Waals surface area contributed by atoms with Gasteiger partial charge in [0.1, 0.15) is 15.6 Å². The van der Waals surface area contributed by atoms with E-state index in [1.165, 1.54) is 57.7 Å². The molecular formula is C17H16Na4O11P2. The first-order valence-electron chi connectivity index (χ1n) is 8.01. The first kappa shape index (κ1) is 40.0. The molecule has 0 saturated heterocycles. The minimum atomic E-state index is -5.37. The van der Waals surface area contributed by atoms with Crippen molar-refractivity contribution in [2.75, 3.05) is 21.3 Å². The molecule has 0 heterocycles. The monoisotopic (exact) mass is 550 g/mol. The summed E-state index contributed by atoms with van der Waals surface area (Å²) in [5, 5.41) is 0. The second-order valence-corrected chi connectivity index (χ2v) is 7.73. The van der Waals surface area contributed by atoms with Gasteiger partial charge in [-0.05, 0) is 35.4 Å². The predicted octanol–water partition coefficient (Wildman–Crippen LogP) is -11.7. The van der Waals surface area contributed by atoms with E-state index in [4.69, 9.17) is 14.2 Å². The van der Waals surface area contributed by atoms with Crippen molar-refractivity contribution in [3.8, 4) is 28.7 Å². The smallest absolute Gasteiger partial charge is 0.780 e. The van der Waals surface area contributed by atoms with Crippen LogP contribution in [0.3, 0.4) is 0 Å². The van der Waals surface area contributed by atoms with Gasteiger partial charge >= 0.3 is 118 Å². The Labute approximate surface area is 285 Å². The molecule has 2 aromatic rings. The number of rotatable bonds is 9. The summed E-state index contributed by atoms with van der Waals surface area (Å²) >= 11 is 0. The standard InChI is InChI=1S/C17H20O11P2.4Na/c1-24-13-7-6-11(8-14(13)27-29(18,19)20)4-5-12-9-15(25-2)17(26-3)16(10-12)28-30(21,22)23;;;;/h4-10H,1-3H3,(H2,18,19,20)(H2,21,22,23);;;;/q;4*+1/p-4/b5-4-;;;;. The molecule has 0 spiro atoms. The zero-order valence-corrected chi connectivity index (χ0v) is 29.7. The Kier molecular flexibility index (Phi) is 21.0. The fourth-order valence-electron chi connectivity index (χ4n) is 2.42. The van der Waals surface area contributed by atoms with E-state index in [9.17, 15) is 28.7 Å². The fourth-order valence-corrected chi connectivity index (χ4v) is 3.18. The molecule has 0 bridgehead atoms. The van der Waals surface area contributed by atoms with Crippen LogP contribution in [0.1, 0.15) is 11.1 Å². The molecule has 0 fully saturated rings. The van der Waals surface area contributed by atoms with Crippen LogP contribution in [0.5, 0.6) is 28.7 Å². The summed E-state index contributed by atoms with van der Waals surface area (Å²) in [7, 11) is -6.86. The van der Waals surface area contributed by atoms with E-state index >= 15 is 0 Å². The van der Waals surface area contributed by atoms with Gasteiger partial charge in [0.2, 0.25) is 5.75 Å². The van der Waals surface area contributed by atoms with Gasteiger partial charge in [0.25, 0.3) is 0 Å². The Bertz CT molecular complexity index is 1040. The van der Waals surface area contributed by atoms with Gasteiger partial charge < -0.3 is 52.0 Å². The van der Waals surface area contributed by atoms with Crippen LogP contribution in [0.15, 0.2) is 30.3 Å². The van der Waals surface area contributed by atoms with Gasteiger partial charge in [-0.15, -0.1) is 0 Å². The number of hydrogen-bond donors (Lipinski definition) is 0. The largest absolute Gasteiger partial charge is 1.00 e. The number of hydrogen-bond acceptors (Lipinski definition) is 11. The Morgan fingerprint density at radius 3 is 1.53 bits per heavy atom. The number of methoxy groups -OCH3 is 3. The van der Waals surface area contributed by atoms with Crippen molar-refractivity contribution in [2.45, 2.75) is 0 Å². The Morgan fingerprint density at radius 1 is 0.618 bits per heavy atom. The van der Waals surface area contributed by atoms with E-state index in [-0.39, 0.29) is 147 Å². The van der Waals surface area contributed by atoms with Gasteiger partial charge in [-0.3, -0.25) is 0 Å². The maximum Gasteiger partial charge on any atom is 1.00 e. The topological polar surface area (TPSA) is 173 Å². The molecule has 164 valence electrons. The quantitative estimate of drug-likeness (QED) is 0.165. The average molecular weight is 550 g/mol. The number of phosphoric ester groups is 2. The molecule has 0 atom stereocenters. The van der Waals surface area contributed by atoms with E-state index in [1.54, 1.807) is 6.07 Å². The van der Waals surface area contributed by atoms with E-state index in [0.29, 0.717) is 11.1 Å². The van der Waals surface area contributed by atoms with Crippen LogP contribution in [0.25, 0.3) is 12.2 Å². The normalized spacial score (nSPS) is 10.6. The van der Waals surface area contributed by atoms with Crippen LogP contribution >= 0.6 is 15.6 Å². The van der Waals surface area contributed by atoms with Gasteiger partial charge in [-0.1, -0.05) is 18.2 Å². The summed E-state index contributed by atoms with van der Waals surface area (Å²) in [6, 6.07) is 6.89. The Hall–Kier alpha value is 1.48. The third kappa shape index (κ3) is 13.3. The summed E-state index contributed by atoms with van der Waals surface area (Å²) in [5.41, 5.74) is 0.766. The molecule has 2 aromatic carbocycles. The second kappa shape index (κ2) is 17.9. The molecule has 0 aliphatic rings. The van der Waals surface area contributed by atoms with E-state index in [0.717, 1.165) is 0 Å². The third-order valence-corrected chi connectivity index (χ3v) is 4.38. The zero-order chi connectivity index (χ0) is 22.5. The zero-order valence-electron chi connectivity index (χ0n) is 19.9. The maximum atomic E-state index is 11.0. The summed E-state index contributed by atoms with van der Waals surface area (Å²) < 4.78 is 45.8. The summed E-state index contributed by atoms with van der Waals surface area (Å²) in [6.45, 7) is 0. The second-order valence-electron chi connectivity index (χ2n) is 5.58. The minimum absolute atomic E-state index is 0. The third-order valence-electron chi connectivity index (χ3n) is 3.54. The molecule has 0 N–H and O–H groups in total. The van der Waals surface area contributed by atoms with E-state index < -0.39 is 15.6 Å². The molecule has 0 aromatic heterocycles. The van der Waals surface area contributed by atoms with Gasteiger partial charge in [-0.2, -0.15) is 0 Å². The molecule has 0 saturated carbocycles. The number of phosphoric acid groups is 2. The molecule has 0 unspecified atom stereocenters. The van der Waals surface area contributed by atoms with Crippen molar-refractivity contribution in [3.63, 3.8) is 0 Å². The van der Waals surface area contributed by atoms with E-state index in [1.807, 2.05) is 0 Å². The first-order valence-corrected chi connectivity index (χ1v) is 10.9. The maximum absolute atomic E-state index is 11.0. The molecule has 34 heavy (non-hydrogen) atoms. The first-order chi connectivity index (χ1) is 14.0. The number of ether oxygens (including phenoxy) is 3. The van der Waals surface area contributed by atoms with Crippen molar-refractivity contribution in [1.82, 2.24) is 0 Å². The minimum Gasteiger partial charge on any atom is -0.780 e. The fraction of sp³-hybridized carbons (Fsp3) is 0.176. The van der Waals surface area contributed by atoms with E-state index in [2.05, 4.69) is 9.05 Å². The average Bonchev–Trinajstić information content (AvgIpc) is 2.63. The molecule has 0 aliphatic heterocycles. The molecule has 0 radical (unpaired) electrons.